The van der Waals surface area contributed by atoms with Crippen molar-refractivity contribution in [1.82, 2.24) is 20.2 Å². The third-order valence-corrected chi connectivity index (χ3v) is 6.21. The van der Waals surface area contributed by atoms with Gasteiger partial charge in [-0.2, -0.15) is 0 Å². The molecule has 34 heavy (non-hydrogen) atoms. The van der Waals surface area contributed by atoms with E-state index in [1.54, 1.807) is 13.0 Å². The quantitative estimate of drug-likeness (QED) is 0.465. The van der Waals surface area contributed by atoms with E-state index in [0.29, 0.717) is 27.4 Å². The van der Waals surface area contributed by atoms with Crippen LogP contribution in [0.15, 0.2) is 48.8 Å². The monoisotopic (exact) mass is 499 g/mol. The molecule has 2 aromatic carbocycles. The highest BCUT2D eigenvalue weighted by molar-refractivity contribution is 6.35. The van der Waals surface area contributed by atoms with E-state index >= 15 is 0 Å². The van der Waals surface area contributed by atoms with Crippen LogP contribution in [-0.4, -0.2) is 40.4 Å². The molecule has 0 bridgehead atoms. The molecule has 1 amide bonds. The van der Waals surface area contributed by atoms with Gasteiger partial charge in [0.05, 0.1) is 18.1 Å². The second kappa shape index (κ2) is 11.0. The Balaban J connectivity index is 1.54. The summed E-state index contributed by atoms with van der Waals surface area (Å²) in [6, 6.07) is 11.7. The minimum Gasteiger partial charge on any atom is -0.424 e. The van der Waals surface area contributed by atoms with Gasteiger partial charge in [0, 0.05) is 30.1 Å². The summed E-state index contributed by atoms with van der Waals surface area (Å²) in [6.07, 6.45) is 5.11. The minimum absolute atomic E-state index is 0.0259. The first kappa shape index (κ1) is 24.3. The van der Waals surface area contributed by atoms with Crippen LogP contribution in [0.2, 0.25) is 10.0 Å². The molecule has 0 saturated carbocycles. The number of carbonyl (C=O) groups is 1. The Labute approximate surface area is 209 Å². The van der Waals surface area contributed by atoms with Crippen LogP contribution in [0.3, 0.4) is 0 Å². The summed E-state index contributed by atoms with van der Waals surface area (Å²) in [4.78, 5) is 21.9. The predicted octanol–water partition coefficient (Wildman–Crippen LogP) is 5.17. The lowest BCUT2D eigenvalue weighted by molar-refractivity contribution is -0.119. The van der Waals surface area contributed by atoms with Gasteiger partial charge in [0.15, 0.2) is 0 Å². The van der Waals surface area contributed by atoms with Crippen LogP contribution in [0, 0.1) is 5.92 Å². The average Bonchev–Trinajstić information content (AvgIpc) is 2.79. The Morgan fingerprint density at radius 2 is 1.71 bits per heavy atom. The highest BCUT2D eigenvalue weighted by Crippen LogP contribution is 2.32. The summed E-state index contributed by atoms with van der Waals surface area (Å²) in [5.41, 5.74) is 9.09. The Kier molecular flexibility index (Phi) is 7.88. The van der Waals surface area contributed by atoms with Crippen molar-refractivity contribution in [3.8, 4) is 22.9 Å². The Hall–Kier alpha value is -2.87. The summed E-state index contributed by atoms with van der Waals surface area (Å²) < 4.78 is 5.95. The van der Waals surface area contributed by atoms with E-state index in [4.69, 9.17) is 33.7 Å². The molecule has 178 valence electrons. The molecule has 0 unspecified atom stereocenters. The van der Waals surface area contributed by atoms with Crippen LogP contribution < -0.4 is 15.8 Å². The maximum atomic E-state index is 11.2. The number of benzene rings is 2. The lowest BCUT2D eigenvalue weighted by atomic mass is 9.96. The van der Waals surface area contributed by atoms with Gasteiger partial charge >= 0.3 is 6.01 Å². The molecular weight excluding hydrogens is 473 g/mol. The molecule has 0 spiro atoms. The van der Waals surface area contributed by atoms with E-state index in [1.165, 1.54) is 12.4 Å². The van der Waals surface area contributed by atoms with Crippen LogP contribution in [0.25, 0.3) is 11.1 Å². The largest absolute Gasteiger partial charge is 0.424 e. The van der Waals surface area contributed by atoms with Gasteiger partial charge in [-0.05, 0) is 84.9 Å². The number of halogens is 2. The number of aromatic nitrogens is 2. The number of nitrogens with two attached hydrogens (primary N) is 1. The number of carbonyl (C=O) groups excluding carboxylic acids is 1. The van der Waals surface area contributed by atoms with Crippen molar-refractivity contribution in [2.45, 2.75) is 26.3 Å². The minimum atomic E-state index is 0.0259. The summed E-state index contributed by atoms with van der Waals surface area (Å²) >= 11 is 12.5. The van der Waals surface area contributed by atoms with E-state index in [2.05, 4.69) is 26.3 Å². The first-order valence-electron chi connectivity index (χ1n) is 11.2. The number of nitrogens with one attached hydrogen (secondary N) is 1. The van der Waals surface area contributed by atoms with Crippen LogP contribution in [-0.2, 0) is 11.3 Å². The molecule has 1 saturated heterocycles. The van der Waals surface area contributed by atoms with Gasteiger partial charge in [-0.1, -0.05) is 23.2 Å². The van der Waals surface area contributed by atoms with E-state index in [1.807, 2.05) is 24.3 Å². The number of nitrogen functional groups attached to an aromatic ring is 1. The fraction of sp³-hybridized carbons (Fsp3) is 0.320. The molecule has 1 aliphatic heterocycles. The van der Waals surface area contributed by atoms with Crippen molar-refractivity contribution in [2.75, 3.05) is 25.4 Å². The summed E-state index contributed by atoms with van der Waals surface area (Å²) in [5, 5.41) is 4.07. The molecule has 1 fully saturated rings. The van der Waals surface area contributed by atoms with Crippen LogP contribution in [0.4, 0.5) is 5.69 Å². The van der Waals surface area contributed by atoms with Gasteiger partial charge in [-0.15, -0.1) is 0 Å². The van der Waals surface area contributed by atoms with Gasteiger partial charge in [0.25, 0.3) is 0 Å². The second-order valence-electron chi connectivity index (χ2n) is 8.58. The van der Waals surface area contributed by atoms with Crippen molar-refractivity contribution in [1.29, 1.82) is 0 Å². The van der Waals surface area contributed by atoms with Gasteiger partial charge in [-0.3, -0.25) is 9.69 Å². The van der Waals surface area contributed by atoms with Crippen LogP contribution in [0.1, 0.15) is 25.3 Å². The van der Waals surface area contributed by atoms with Gasteiger partial charge in [-0.25, -0.2) is 9.97 Å². The number of hydrogen-bond acceptors (Lipinski definition) is 6. The third kappa shape index (κ3) is 6.82. The van der Waals surface area contributed by atoms with Crippen molar-refractivity contribution in [3.05, 3.63) is 64.4 Å². The SMILES string of the molecule is CC(=O)NCC1CCN(Cc2cc(Oc3ncc(N)cn3)cc(-c3cc(Cl)cc(Cl)c3)c2)CC1. The number of likely N-dealkylation sites (tertiary alicyclic amines) is 1. The zero-order valence-corrected chi connectivity index (χ0v) is 20.4. The molecule has 3 N–H and O–H groups in total. The van der Waals surface area contributed by atoms with Crippen LogP contribution >= 0.6 is 23.2 Å². The standard InChI is InChI=1S/C25H27Cl2N5O2/c1-16(33)29-12-17-2-4-32(5-3-17)15-18-6-19(20-8-21(26)11-22(27)9-20)10-24(7-18)34-25-30-13-23(28)14-31-25/h6-11,13-14,17H,2-5,12,15,28H2,1H3,(H,29,33). The summed E-state index contributed by atoms with van der Waals surface area (Å²) in [7, 11) is 0. The predicted molar refractivity (Wildman–Crippen MR) is 135 cm³/mol. The molecule has 3 aromatic rings. The number of piperidine rings is 1. The maximum absolute atomic E-state index is 11.2. The van der Waals surface area contributed by atoms with E-state index < -0.39 is 0 Å². The van der Waals surface area contributed by atoms with Gasteiger partial charge in [0.2, 0.25) is 5.91 Å². The highest BCUT2D eigenvalue weighted by atomic mass is 35.5. The van der Waals surface area contributed by atoms with E-state index in [9.17, 15) is 4.79 Å². The molecule has 0 atom stereocenters. The number of nitrogens with zero attached hydrogens (tertiary/aromatic N) is 3. The molecule has 9 heteroatoms. The van der Waals surface area contributed by atoms with Crippen molar-refractivity contribution in [3.63, 3.8) is 0 Å². The first-order chi connectivity index (χ1) is 16.3. The van der Waals surface area contributed by atoms with Gasteiger partial charge in [0.1, 0.15) is 5.75 Å². The zero-order chi connectivity index (χ0) is 24.1. The van der Waals surface area contributed by atoms with Gasteiger partial charge < -0.3 is 15.8 Å². The molecule has 4 rings (SSSR count). The number of ether oxygens (including phenoxy) is 1. The third-order valence-electron chi connectivity index (χ3n) is 5.77. The summed E-state index contributed by atoms with van der Waals surface area (Å²) in [6.45, 7) is 5.01. The second-order valence-corrected chi connectivity index (χ2v) is 9.45. The molecule has 2 heterocycles. The Bertz CT molecular complexity index is 1130. The topological polar surface area (TPSA) is 93.4 Å². The average molecular weight is 500 g/mol. The number of anilines is 1. The van der Waals surface area contributed by atoms with E-state index in [0.717, 1.165) is 55.7 Å². The molecular formula is C25H27Cl2N5O2. The molecule has 0 radical (unpaired) electrons. The van der Waals surface area contributed by atoms with Crippen molar-refractivity contribution in [2.24, 2.45) is 5.92 Å². The normalized spacial score (nSPS) is 14.7. The zero-order valence-electron chi connectivity index (χ0n) is 18.9. The lowest BCUT2D eigenvalue weighted by Crippen LogP contribution is -2.37. The van der Waals surface area contributed by atoms with Crippen molar-refractivity contribution >= 4 is 34.8 Å². The molecule has 1 aliphatic rings. The number of rotatable bonds is 7. The molecule has 1 aromatic heterocycles. The lowest BCUT2D eigenvalue weighted by Gasteiger charge is -2.32. The maximum Gasteiger partial charge on any atom is 0.322 e. The highest BCUT2D eigenvalue weighted by Gasteiger charge is 2.20. The van der Waals surface area contributed by atoms with Crippen LogP contribution in [0.5, 0.6) is 11.8 Å². The Morgan fingerprint density at radius 3 is 2.35 bits per heavy atom. The smallest absolute Gasteiger partial charge is 0.322 e. The number of hydrogen-bond donors (Lipinski definition) is 2. The van der Waals surface area contributed by atoms with Crippen molar-refractivity contribution < 1.29 is 9.53 Å². The summed E-state index contributed by atoms with van der Waals surface area (Å²) in [5.74, 6) is 1.16. The fourth-order valence-electron chi connectivity index (χ4n) is 4.08. The Morgan fingerprint density at radius 1 is 1.06 bits per heavy atom. The first-order valence-corrected chi connectivity index (χ1v) is 11.9. The molecule has 7 nitrogen and oxygen atoms in total. The van der Waals surface area contributed by atoms with E-state index in [-0.39, 0.29) is 11.9 Å². The number of amides is 1. The molecule has 0 aliphatic carbocycles. The fourth-order valence-corrected chi connectivity index (χ4v) is 4.60.